The Bertz CT molecular complexity index is 468. The zero-order chi connectivity index (χ0) is 13.2. The van der Waals surface area contributed by atoms with Crippen molar-refractivity contribution in [3.63, 3.8) is 0 Å². The summed E-state index contributed by atoms with van der Waals surface area (Å²) < 4.78 is 5.43. The zero-order valence-corrected chi connectivity index (χ0v) is 10.8. The molecule has 0 saturated carbocycles. The Morgan fingerprint density at radius 2 is 2.21 bits per heavy atom. The van der Waals surface area contributed by atoms with Gasteiger partial charge >= 0.3 is 5.97 Å². The van der Waals surface area contributed by atoms with E-state index in [0.717, 1.165) is 19.6 Å². The van der Waals surface area contributed by atoms with Crippen molar-refractivity contribution in [2.24, 2.45) is 5.92 Å². The van der Waals surface area contributed by atoms with Crippen LogP contribution in [0.5, 0.6) is 0 Å². The van der Waals surface area contributed by atoms with Crippen LogP contribution in [0, 0.1) is 5.92 Å². The van der Waals surface area contributed by atoms with Gasteiger partial charge < -0.3 is 15.2 Å². The molecule has 0 amide bonds. The molecule has 4 nitrogen and oxygen atoms in total. The van der Waals surface area contributed by atoms with E-state index in [9.17, 15) is 4.79 Å². The first-order chi connectivity index (χ1) is 9.24. The highest BCUT2D eigenvalue weighted by atomic mass is 16.5. The summed E-state index contributed by atoms with van der Waals surface area (Å²) in [6, 6.07) is 8.68. The van der Waals surface area contributed by atoms with E-state index in [1.54, 1.807) is 0 Å². The standard InChI is InChI=1S/C15H19NO3/c17-15(18)13-7-14(16-8-13)11-3-1-2-10(6-11)12-4-5-19-9-12/h1-3,6,12-14,16H,4-5,7-9H2,(H,17,18). The molecule has 3 atom stereocenters. The molecule has 1 aromatic rings. The second-order valence-corrected chi connectivity index (χ2v) is 5.46. The molecule has 2 aliphatic rings. The normalized spacial score (nSPS) is 30.6. The summed E-state index contributed by atoms with van der Waals surface area (Å²) in [6.45, 7) is 2.22. The Labute approximate surface area is 112 Å². The molecular formula is C15H19NO3. The van der Waals surface area contributed by atoms with Crippen molar-refractivity contribution >= 4 is 5.97 Å². The van der Waals surface area contributed by atoms with Crippen molar-refractivity contribution in [2.45, 2.75) is 24.8 Å². The minimum atomic E-state index is -0.699. The van der Waals surface area contributed by atoms with Crippen LogP contribution < -0.4 is 5.32 Å². The highest BCUT2D eigenvalue weighted by Gasteiger charge is 2.30. The van der Waals surface area contributed by atoms with Gasteiger partial charge in [-0.1, -0.05) is 24.3 Å². The molecule has 2 saturated heterocycles. The minimum Gasteiger partial charge on any atom is -0.481 e. The third-order valence-corrected chi connectivity index (χ3v) is 4.19. The smallest absolute Gasteiger partial charge is 0.307 e. The maximum absolute atomic E-state index is 11.0. The van der Waals surface area contributed by atoms with Crippen LogP contribution in [-0.2, 0) is 9.53 Å². The molecule has 2 fully saturated rings. The summed E-state index contributed by atoms with van der Waals surface area (Å²) in [5.74, 6) is -0.463. The topological polar surface area (TPSA) is 58.6 Å². The number of carboxylic acid groups (broad SMARTS) is 1. The third-order valence-electron chi connectivity index (χ3n) is 4.19. The van der Waals surface area contributed by atoms with Crippen LogP contribution in [0.25, 0.3) is 0 Å². The van der Waals surface area contributed by atoms with Crippen molar-refractivity contribution in [3.8, 4) is 0 Å². The van der Waals surface area contributed by atoms with Crippen molar-refractivity contribution in [1.82, 2.24) is 5.32 Å². The quantitative estimate of drug-likeness (QED) is 0.873. The highest BCUT2D eigenvalue weighted by Crippen LogP contribution is 2.31. The third kappa shape index (κ3) is 2.65. The summed E-state index contributed by atoms with van der Waals surface area (Å²) in [5.41, 5.74) is 2.52. The lowest BCUT2D eigenvalue weighted by molar-refractivity contribution is -0.141. The molecule has 2 N–H and O–H groups in total. The number of carboxylic acids is 1. The Hall–Kier alpha value is -1.39. The average molecular weight is 261 g/mol. The molecule has 1 aromatic carbocycles. The van der Waals surface area contributed by atoms with E-state index >= 15 is 0 Å². The van der Waals surface area contributed by atoms with Gasteiger partial charge in [-0.15, -0.1) is 0 Å². The van der Waals surface area contributed by atoms with Crippen LogP contribution in [0.15, 0.2) is 24.3 Å². The molecule has 2 aliphatic heterocycles. The number of nitrogens with one attached hydrogen (secondary N) is 1. The van der Waals surface area contributed by atoms with Crippen LogP contribution in [0.2, 0.25) is 0 Å². The number of benzene rings is 1. The van der Waals surface area contributed by atoms with Crippen molar-refractivity contribution in [2.75, 3.05) is 19.8 Å². The predicted molar refractivity (Wildman–Crippen MR) is 71.1 cm³/mol. The largest absolute Gasteiger partial charge is 0.481 e. The van der Waals surface area contributed by atoms with E-state index in [0.29, 0.717) is 18.9 Å². The molecule has 0 bridgehead atoms. The van der Waals surface area contributed by atoms with Crippen molar-refractivity contribution in [3.05, 3.63) is 35.4 Å². The monoisotopic (exact) mass is 261 g/mol. The van der Waals surface area contributed by atoms with Gasteiger partial charge in [-0.25, -0.2) is 0 Å². The molecule has 0 radical (unpaired) electrons. The van der Waals surface area contributed by atoms with Crippen LogP contribution >= 0.6 is 0 Å². The molecule has 0 spiro atoms. The second kappa shape index (κ2) is 5.31. The molecule has 0 aliphatic carbocycles. The van der Waals surface area contributed by atoms with Gasteiger partial charge in [0.2, 0.25) is 0 Å². The van der Waals surface area contributed by atoms with Gasteiger partial charge in [0.1, 0.15) is 0 Å². The second-order valence-electron chi connectivity index (χ2n) is 5.46. The van der Waals surface area contributed by atoms with Crippen LogP contribution in [0.1, 0.15) is 35.9 Å². The first-order valence-electron chi connectivity index (χ1n) is 6.88. The first-order valence-corrected chi connectivity index (χ1v) is 6.88. The fourth-order valence-corrected chi connectivity index (χ4v) is 3.00. The fourth-order valence-electron chi connectivity index (χ4n) is 3.00. The highest BCUT2D eigenvalue weighted by molar-refractivity contribution is 5.70. The van der Waals surface area contributed by atoms with Crippen LogP contribution in [0.3, 0.4) is 0 Å². The molecule has 102 valence electrons. The van der Waals surface area contributed by atoms with Gasteiger partial charge in [-0.05, 0) is 24.0 Å². The Kier molecular flexibility index (Phi) is 3.53. The number of rotatable bonds is 3. The number of carbonyl (C=O) groups is 1. The van der Waals surface area contributed by atoms with E-state index < -0.39 is 5.97 Å². The molecule has 3 unspecified atom stereocenters. The van der Waals surface area contributed by atoms with E-state index in [4.69, 9.17) is 9.84 Å². The summed E-state index contributed by atoms with van der Waals surface area (Å²) >= 11 is 0. The van der Waals surface area contributed by atoms with Crippen molar-refractivity contribution in [1.29, 1.82) is 0 Å². The van der Waals surface area contributed by atoms with Crippen LogP contribution in [0.4, 0.5) is 0 Å². The molecule has 2 heterocycles. The minimum absolute atomic E-state index is 0.170. The predicted octanol–water partition coefficient (Wildman–Crippen LogP) is 1.93. The van der Waals surface area contributed by atoms with Gasteiger partial charge in [0, 0.05) is 25.1 Å². The molecule has 3 rings (SSSR count). The van der Waals surface area contributed by atoms with Gasteiger partial charge in [-0.2, -0.15) is 0 Å². The average Bonchev–Trinajstić information content (AvgIpc) is 3.10. The van der Waals surface area contributed by atoms with Gasteiger partial charge in [0.25, 0.3) is 0 Å². The number of hydrogen-bond acceptors (Lipinski definition) is 3. The first kappa shape index (κ1) is 12.6. The molecular weight excluding hydrogens is 242 g/mol. The Balaban J connectivity index is 1.74. The number of ether oxygens (including phenoxy) is 1. The van der Waals surface area contributed by atoms with E-state index in [1.165, 1.54) is 11.1 Å². The maximum atomic E-state index is 11.0. The Morgan fingerprint density at radius 3 is 2.89 bits per heavy atom. The maximum Gasteiger partial charge on any atom is 0.307 e. The zero-order valence-electron chi connectivity index (χ0n) is 10.8. The SMILES string of the molecule is O=C(O)C1CNC(c2cccc(C3CCOC3)c2)C1. The van der Waals surface area contributed by atoms with Crippen LogP contribution in [-0.4, -0.2) is 30.8 Å². The lowest BCUT2D eigenvalue weighted by Gasteiger charge is -2.14. The number of hydrogen-bond donors (Lipinski definition) is 2. The number of aliphatic carboxylic acids is 1. The van der Waals surface area contributed by atoms with E-state index in [1.807, 2.05) is 0 Å². The van der Waals surface area contributed by atoms with Gasteiger partial charge in [-0.3, -0.25) is 4.79 Å². The summed E-state index contributed by atoms with van der Waals surface area (Å²) in [5, 5.41) is 12.4. The Morgan fingerprint density at radius 1 is 1.37 bits per heavy atom. The van der Waals surface area contributed by atoms with Gasteiger partial charge in [0.15, 0.2) is 0 Å². The van der Waals surface area contributed by atoms with Gasteiger partial charge in [0.05, 0.1) is 12.5 Å². The lowest BCUT2D eigenvalue weighted by atomic mass is 9.93. The summed E-state index contributed by atoms with van der Waals surface area (Å²) in [6.07, 6.45) is 1.76. The lowest BCUT2D eigenvalue weighted by Crippen LogP contribution is -2.17. The van der Waals surface area contributed by atoms with E-state index in [-0.39, 0.29) is 12.0 Å². The molecule has 0 aromatic heterocycles. The molecule has 19 heavy (non-hydrogen) atoms. The fraction of sp³-hybridized carbons (Fsp3) is 0.533. The summed E-state index contributed by atoms with van der Waals surface area (Å²) in [7, 11) is 0. The summed E-state index contributed by atoms with van der Waals surface area (Å²) in [4.78, 5) is 11.0. The van der Waals surface area contributed by atoms with E-state index in [2.05, 4.69) is 29.6 Å². The van der Waals surface area contributed by atoms with Crippen molar-refractivity contribution < 1.29 is 14.6 Å². The molecule has 4 heteroatoms.